The van der Waals surface area contributed by atoms with E-state index in [0.717, 1.165) is 22.4 Å². The van der Waals surface area contributed by atoms with Crippen molar-refractivity contribution in [2.75, 3.05) is 5.75 Å². The molecular weight excluding hydrogens is 527 g/mol. The lowest BCUT2D eigenvalue weighted by molar-refractivity contribution is 0.0741. The first kappa shape index (κ1) is 27.4. The summed E-state index contributed by atoms with van der Waals surface area (Å²) >= 11 is 12.9. The Labute approximate surface area is 228 Å². The Balaban J connectivity index is 1.82. The Morgan fingerprint density at radius 2 is 1.57 bits per heavy atom. The lowest BCUT2D eigenvalue weighted by atomic mass is 9.83. The van der Waals surface area contributed by atoms with Gasteiger partial charge in [0.15, 0.2) is 9.84 Å². The monoisotopic (exact) mass is 556 g/mol. The van der Waals surface area contributed by atoms with Crippen LogP contribution in [-0.4, -0.2) is 28.8 Å². The van der Waals surface area contributed by atoms with E-state index in [1.165, 1.54) is 0 Å². The zero-order chi connectivity index (χ0) is 27.2. The van der Waals surface area contributed by atoms with Crippen LogP contribution in [0.4, 0.5) is 0 Å². The van der Waals surface area contributed by atoms with E-state index in [0.29, 0.717) is 26.5 Å². The Hall–Kier alpha value is -2.64. The zero-order valence-electron chi connectivity index (χ0n) is 21.5. The van der Waals surface area contributed by atoms with Gasteiger partial charge in [0.05, 0.1) is 26.4 Å². The molecular formula is C29H30Cl2N2O3S. The highest BCUT2D eigenvalue weighted by molar-refractivity contribution is 7.91. The molecule has 0 bridgehead atoms. The van der Waals surface area contributed by atoms with Gasteiger partial charge in [-0.2, -0.15) is 0 Å². The van der Waals surface area contributed by atoms with Crippen LogP contribution in [0.25, 0.3) is 16.8 Å². The number of imidazole rings is 1. The Bertz CT molecular complexity index is 1550. The number of hydrogen-bond donors (Lipinski definition) is 1. The summed E-state index contributed by atoms with van der Waals surface area (Å²) in [6.45, 7) is 9.07. The van der Waals surface area contributed by atoms with Crippen molar-refractivity contribution < 1.29 is 13.5 Å². The molecule has 0 radical (unpaired) electrons. The van der Waals surface area contributed by atoms with Crippen LogP contribution in [0, 0.1) is 0 Å². The predicted molar refractivity (Wildman–Crippen MR) is 151 cm³/mol. The van der Waals surface area contributed by atoms with Crippen LogP contribution in [0.2, 0.25) is 10.0 Å². The standard InChI is InChI=1S/C29H30Cl2N2O3S/c1-6-37(35,36)22-10-7-9-20(17-22)19-13-15-21(16-14-19)33-18-25(29(4,5)34)32-27(33)28(2,3)23-11-8-12-24(30)26(23)31/h7-18,34H,6H2,1-5H3. The lowest BCUT2D eigenvalue weighted by Gasteiger charge is -2.27. The highest BCUT2D eigenvalue weighted by Crippen LogP contribution is 2.40. The molecule has 194 valence electrons. The van der Waals surface area contributed by atoms with Gasteiger partial charge in [0.1, 0.15) is 11.4 Å². The molecule has 0 aliphatic carbocycles. The third kappa shape index (κ3) is 5.34. The second kappa shape index (κ2) is 9.91. The summed E-state index contributed by atoms with van der Waals surface area (Å²) in [7, 11) is -3.30. The number of benzene rings is 3. The highest BCUT2D eigenvalue weighted by Gasteiger charge is 2.34. The maximum Gasteiger partial charge on any atom is 0.178 e. The predicted octanol–water partition coefficient (Wildman–Crippen LogP) is 7.19. The van der Waals surface area contributed by atoms with Gasteiger partial charge in [-0.25, -0.2) is 13.4 Å². The number of halogens is 2. The number of aliphatic hydroxyl groups is 1. The molecule has 37 heavy (non-hydrogen) atoms. The average Bonchev–Trinajstić information content (AvgIpc) is 3.33. The third-order valence-electron chi connectivity index (χ3n) is 6.57. The molecule has 5 nitrogen and oxygen atoms in total. The SMILES string of the molecule is CCS(=O)(=O)c1cccc(-c2ccc(-n3cc(C(C)(C)O)nc3C(C)(C)c3cccc(Cl)c3Cl)cc2)c1. The summed E-state index contributed by atoms with van der Waals surface area (Å²) in [5.74, 6) is 0.743. The quantitative estimate of drug-likeness (QED) is 0.261. The molecule has 8 heteroatoms. The molecule has 0 spiro atoms. The molecule has 0 aliphatic rings. The summed E-state index contributed by atoms with van der Waals surface area (Å²) in [5.41, 5.74) is 2.09. The zero-order valence-corrected chi connectivity index (χ0v) is 23.8. The Morgan fingerprint density at radius 1 is 0.919 bits per heavy atom. The fourth-order valence-electron chi connectivity index (χ4n) is 4.27. The summed E-state index contributed by atoms with van der Waals surface area (Å²) in [6.07, 6.45) is 1.83. The molecule has 0 amide bonds. The molecule has 0 unspecified atom stereocenters. The average molecular weight is 558 g/mol. The number of hydrogen-bond acceptors (Lipinski definition) is 4. The van der Waals surface area contributed by atoms with E-state index in [1.54, 1.807) is 45.0 Å². The van der Waals surface area contributed by atoms with Crippen molar-refractivity contribution >= 4 is 33.0 Å². The molecule has 0 saturated heterocycles. The van der Waals surface area contributed by atoms with Crippen LogP contribution < -0.4 is 0 Å². The number of aromatic nitrogens is 2. The van der Waals surface area contributed by atoms with Crippen molar-refractivity contribution in [3.63, 3.8) is 0 Å². The van der Waals surface area contributed by atoms with Crippen LogP contribution in [0.5, 0.6) is 0 Å². The summed E-state index contributed by atoms with van der Waals surface area (Å²) in [4.78, 5) is 5.16. The second-order valence-electron chi connectivity index (χ2n) is 10.1. The van der Waals surface area contributed by atoms with Crippen LogP contribution in [0.15, 0.2) is 77.8 Å². The number of sulfone groups is 1. The second-order valence-corrected chi connectivity index (χ2v) is 13.1. The molecule has 4 rings (SSSR count). The Kier molecular flexibility index (Phi) is 7.34. The fraction of sp³-hybridized carbons (Fsp3) is 0.276. The van der Waals surface area contributed by atoms with E-state index >= 15 is 0 Å². The first-order valence-electron chi connectivity index (χ1n) is 12.0. The molecule has 0 fully saturated rings. The summed E-state index contributed by atoms with van der Waals surface area (Å²) in [6, 6.07) is 20.3. The first-order chi connectivity index (χ1) is 17.3. The van der Waals surface area contributed by atoms with Crippen molar-refractivity contribution in [1.82, 2.24) is 9.55 Å². The topological polar surface area (TPSA) is 72.2 Å². The highest BCUT2D eigenvalue weighted by atomic mass is 35.5. The van der Waals surface area contributed by atoms with Gasteiger partial charge in [0.25, 0.3) is 0 Å². The molecule has 4 aromatic rings. The van der Waals surface area contributed by atoms with Gasteiger partial charge in [-0.15, -0.1) is 0 Å². The van der Waals surface area contributed by atoms with E-state index in [9.17, 15) is 13.5 Å². The minimum Gasteiger partial charge on any atom is -0.384 e. The van der Waals surface area contributed by atoms with Gasteiger partial charge in [0.2, 0.25) is 0 Å². The van der Waals surface area contributed by atoms with Crippen molar-refractivity contribution in [2.24, 2.45) is 0 Å². The molecule has 0 saturated carbocycles. The van der Waals surface area contributed by atoms with Gasteiger partial charge in [-0.05, 0) is 74.7 Å². The maximum atomic E-state index is 12.4. The van der Waals surface area contributed by atoms with Crippen molar-refractivity contribution in [2.45, 2.75) is 50.5 Å². The minimum absolute atomic E-state index is 0.0504. The minimum atomic E-state index is -3.30. The van der Waals surface area contributed by atoms with Gasteiger partial charge in [-0.1, -0.05) is 66.5 Å². The van der Waals surface area contributed by atoms with E-state index in [1.807, 2.05) is 67.1 Å². The van der Waals surface area contributed by atoms with E-state index in [2.05, 4.69) is 0 Å². The fourth-order valence-corrected chi connectivity index (χ4v) is 5.73. The molecule has 1 heterocycles. The van der Waals surface area contributed by atoms with Crippen LogP contribution in [-0.2, 0) is 20.9 Å². The van der Waals surface area contributed by atoms with Gasteiger partial charge in [0, 0.05) is 17.3 Å². The largest absolute Gasteiger partial charge is 0.384 e. The van der Waals surface area contributed by atoms with Crippen molar-refractivity contribution in [3.05, 3.63) is 100 Å². The normalized spacial score (nSPS) is 12.6. The first-order valence-corrected chi connectivity index (χ1v) is 14.4. The molecule has 0 aliphatic heterocycles. The van der Waals surface area contributed by atoms with Gasteiger partial charge >= 0.3 is 0 Å². The van der Waals surface area contributed by atoms with E-state index < -0.39 is 20.9 Å². The number of nitrogens with zero attached hydrogens (tertiary/aromatic N) is 2. The molecule has 3 aromatic carbocycles. The molecule has 1 N–H and O–H groups in total. The van der Waals surface area contributed by atoms with E-state index in [-0.39, 0.29) is 5.75 Å². The van der Waals surface area contributed by atoms with Crippen molar-refractivity contribution in [3.8, 4) is 16.8 Å². The van der Waals surface area contributed by atoms with Crippen molar-refractivity contribution in [1.29, 1.82) is 0 Å². The summed E-state index contributed by atoms with van der Waals surface area (Å²) in [5, 5.41) is 11.7. The van der Waals surface area contributed by atoms with Gasteiger partial charge < -0.3 is 9.67 Å². The van der Waals surface area contributed by atoms with Crippen LogP contribution in [0.3, 0.4) is 0 Å². The van der Waals surface area contributed by atoms with Crippen LogP contribution in [0.1, 0.15) is 51.7 Å². The molecule has 1 aromatic heterocycles. The van der Waals surface area contributed by atoms with Crippen LogP contribution >= 0.6 is 23.2 Å². The summed E-state index contributed by atoms with van der Waals surface area (Å²) < 4.78 is 26.7. The number of rotatable bonds is 7. The van der Waals surface area contributed by atoms with E-state index in [4.69, 9.17) is 28.2 Å². The third-order valence-corrected chi connectivity index (χ3v) is 9.12. The molecule has 0 atom stereocenters. The lowest BCUT2D eigenvalue weighted by Crippen LogP contribution is -2.25. The van der Waals surface area contributed by atoms with Gasteiger partial charge in [-0.3, -0.25) is 0 Å². The maximum absolute atomic E-state index is 12.4. The Morgan fingerprint density at radius 3 is 2.19 bits per heavy atom. The smallest absolute Gasteiger partial charge is 0.178 e.